The van der Waals surface area contributed by atoms with Gasteiger partial charge in [-0.3, -0.25) is 4.55 Å². The molecular formula is C22H26Br2O3S. The van der Waals surface area contributed by atoms with Crippen molar-refractivity contribution in [3.8, 4) is 11.1 Å². The van der Waals surface area contributed by atoms with Gasteiger partial charge in [0, 0.05) is 14.4 Å². The van der Waals surface area contributed by atoms with Crippen molar-refractivity contribution in [2.75, 3.05) is 5.75 Å². The largest absolute Gasteiger partial charge is 0.286 e. The first-order valence-corrected chi connectivity index (χ1v) is 13.0. The van der Waals surface area contributed by atoms with E-state index in [1.165, 1.54) is 28.7 Å². The van der Waals surface area contributed by atoms with E-state index in [0.29, 0.717) is 6.42 Å². The lowest BCUT2D eigenvalue weighted by Crippen LogP contribution is -2.26. The summed E-state index contributed by atoms with van der Waals surface area (Å²) >= 11 is 7.29. The van der Waals surface area contributed by atoms with E-state index in [9.17, 15) is 8.42 Å². The van der Waals surface area contributed by atoms with E-state index < -0.39 is 10.1 Å². The first-order valence-electron chi connectivity index (χ1n) is 9.82. The third-order valence-corrected chi connectivity index (χ3v) is 7.54. The van der Waals surface area contributed by atoms with Crippen molar-refractivity contribution in [3.05, 3.63) is 56.5 Å². The van der Waals surface area contributed by atoms with Gasteiger partial charge in [-0.15, -0.1) is 0 Å². The Morgan fingerprint density at radius 3 is 1.82 bits per heavy atom. The van der Waals surface area contributed by atoms with Crippen LogP contribution in [-0.4, -0.2) is 18.7 Å². The number of hydrogen-bond donors (Lipinski definition) is 1. The Bertz CT molecular complexity index is 903. The van der Waals surface area contributed by atoms with Crippen molar-refractivity contribution in [3.63, 3.8) is 0 Å². The average molecular weight is 530 g/mol. The Labute approximate surface area is 184 Å². The number of halogens is 2. The van der Waals surface area contributed by atoms with Crippen LogP contribution in [0.4, 0.5) is 0 Å². The zero-order valence-electron chi connectivity index (χ0n) is 16.0. The number of fused-ring (bicyclic) bond motifs is 3. The molecule has 0 saturated heterocycles. The third kappa shape index (κ3) is 4.72. The van der Waals surface area contributed by atoms with Crippen LogP contribution in [0.2, 0.25) is 0 Å². The van der Waals surface area contributed by atoms with Gasteiger partial charge in [0.2, 0.25) is 0 Å². The zero-order chi connectivity index (χ0) is 20.4. The molecule has 1 aliphatic rings. The minimum absolute atomic E-state index is 0.118. The molecule has 0 heterocycles. The first-order chi connectivity index (χ1) is 13.3. The molecule has 1 aliphatic carbocycles. The van der Waals surface area contributed by atoms with Gasteiger partial charge in [-0.05, 0) is 65.8 Å². The van der Waals surface area contributed by atoms with Crippen LogP contribution in [-0.2, 0) is 15.5 Å². The average Bonchev–Trinajstić information content (AvgIpc) is 2.88. The summed E-state index contributed by atoms with van der Waals surface area (Å²) in [4.78, 5) is 0. The summed E-state index contributed by atoms with van der Waals surface area (Å²) in [5.74, 6) is -0.172. The molecule has 0 unspecified atom stereocenters. The molecule has 0 radical (unpaired) electrons. The maximum Gasteiger partial charge on any atom is 0.264 e. The normalized spacial score (nSPS) is 14.7. The number of benzene rings is 2. The Morgan fingerprint density at radius 2 is 1.36 bits per heavy atom. The molecule has 0 aromatic heterocycles. The number of hydrogen-bond acceptors (Lipinski definition) is 2. The van der Waals surface area contributed by atoms with E-state index in [4.69, 9.17) is 4.55 Å². The van der Waals surface area contributed by atoms with Crippen LogP contribution in [0.15, 0.2) is 45.3 Å². The monoisotopic (exact) mass is 528 g/mol. The number of rotatable bonds is 9. The second-order valence-electron chi connectivity index (χ2n) is 7.66. The first kappa shape index (κ1) is 22.0. The molecule has 0 fully saturated rings. The maximum atomic E-state index is 11.1. The molecule has 0 bridgehead atoms. The second-order valence-corrected chi connectivity index (χ2v) is 11.1. The topological polar surface area (TPSA) is 54.4 Å². The Kier molecular flexibility index (Phi) is 7.06. The third-order valence-electron chi connectivity index (χ3n) is 5.75. The fraction of sp³-hybridized carbons (Fsp3) is 0.455. The van der Waals surface area contributed by atoms with E-state index in [-0.39, 0.29) is 11.2 Å². The minimum atomic E-state index is -3.91. The van der Waals surface area contributed by atoms with Gasteiger partial charge in [0.15, 0.2) is 0 Å². The highest BCUT2D eigenvalue weighted by atomic mass is 79.9. The van der Waals surface area contributed by atoms with Crippen molar-refractivity contribution in [2.24, 2.45) is 0 Å². The van der Waals surface area contributed by atoms with Crippen molar-refractivity contribution in [1.82, 2.24) is 0 Å². The molecule has 3 rings (SSSR count). The quantitative estimate of drug-likeness (QED) is 0.278. The summed E-state index contributed by atoms with van der Waals surface area (Å²) in [6.45, 7) is 2.21. The lowest BCUT2D eigenvalue weighted by atomic mass is 9.71. The molecule has 0 aliphatic heterocycles. The van der Waals surface area contributed by atoms with Crippen molar-refractivity contribution in [1.29, 1.82) is 0 Å². The molecule has 28 heavy (non-hydrogen) atoms. The van der Waals surface area contributed by atoms with Crippen LogP contribution in [0.3, 0.4) is 0 Å². The molecule has 1 N–H and O–H groups in total. The van der Waals surface area contributed by atoms with Crippen molar-refractivity contribution >= 4 is 42.0 Å². The van der Waals surface area contributed by atoms with Crippen LogP contribution >= 0.6 is 31.9 Å². The standard InChI is InChI=1S/C22H26Br2O3S/c1-2-3-4-11-22(12-5-6-13-28(25,26)27)20-14-16(23)7-9-18(20)19-10-8-17(24)15-21(19)22/h7-10,14-15H,2-6,11-13H2,1H3,(H,25,26,27). The lowest BCUT2D eigenvalue weighted by Gasteiger charge is -2.33. The molecule has 6 heteroatoms. The van der Waals surface area contributed by atoms with Gasteiger partial charge in [-0.25, -0.2) is 0 Å². The maximum absolute atomic E-state index is 11.1. The summed E-state index contributed by atoms with van der Waals surface area (Å²) in [7, 11) is -3.91. The summed E-state index contributed by atoms with van der Waals surface area (Å²) in [6, 6.07) is 13.0. The lowest BCUT2D eigenvalue weighted by molar-refractivity contribution is 0.407. The van der Waals surface area contributed by atoms with Gasteiger partial charge in [0.1, 0.15) is 0 Å². The van der Waals surface area contributed by atoms with Crippen molar-refractivity contribution in [2.45, 2.75) is 57.3 Å². The smallest absolute Gasteiger partial charge is 0.264 e. The van der Waals surface area contributed by atoms with Gasteiger partial charge in [-0.2, -0.15) is 8.42 Å². The highest BCUT2D eigenvalue weighted by Crippen LogP contribution is 2.55. The molecule has 3 nitrogen and oxygen atoms in total. The summed E-state index contributed by atoms with van der Waals surface area (Å²) in [5, 5.41) is 0. The SMILES string of the molecule is CCCCCC1(CCCCS(=O)(=O)O)c2cc(Br)ccc2-c2ccc(Br)cc21. The van der Waals surface area contributed by atoms with Gasteiger partial charge in [0.25, 0.3) is 10.1 Å². The van der Waals surface area contributed by atoms with E-state index in [2.05, 4.69) is 75.2 Å². The zero-order valence-corrected chi connectivity index (χ0v) is 20.0. The molecule has 2 aromatic carbocycles. The molecule has 0 atom stereocenters. The fourth-order valence-corrected chi connectivity index (χ4v) is 5.78. The Morgan fingerprint density at radius 1 is 0.857 bits per heavy atom. The minimum Gasteiger partial charge on any atom is -0.286 e. The van der Waals surface area contributed by atoms with Gasteiger partial charge < -0.3 is 0 Å². The Balaban J connectivity index is 2.03. The van der Waals surface area contributed by atoms with Crippen LogP contribution in [0, 0.1) is 0 Å². The number of unbranched alkanes of at least 4 members (excludes halogenated alkanes) is 3. The van der Waals surface area contributed by atoms with Gasteiger partial charge >= 0.3 is 0 Å². The molecule has 0 spiro atoms. The highest BCUT2D eigenvalue weighted by molar-refractivity contribution is 9.10. The molecule has 152 valence electrons. The van der Waals surface area contributed by atoms with E-state index >= 15 is 0 Å². The molecule has 0 saturated carbocycles. The fourth-order valence-electron chi connectivity index (χ4n) is 4.49. The summed E-state index contributed by atoms with van der Waals surface area (Å²) in [6.07, 6.45) is 6.62. The summed E-state index contributed by atoms with van der Waals surface area (Å²) < 4.78 is 33.5. The molecule has 2 aromatic rings. The second kappa shape index (κ2) is 8.99. The highest BCUT2D eigenvalue weighted by Gasteiger charge is 2.42. The predicted molar refractivity (Wildman–Crippen MR) is 122 cm³/mol. The van der Waals surface area contributed by atoms with Crippen LogP contribution in [0.25, 0.3) is 11.1 Å². The van der Waals surface area contributed by atoms with E-state index in [1.54, 1.807) is 0 Å². The molecule has 0 amide bonds. The summed E-state index contributed by atoms with van der Waals surface area (Å²) in [5.41, 5.74) is 5.09. The Hall–Kier alpha value is -0.690. The van der Waals surface area contributed by atoms with Crippen LogP contribution < -0.4 is 0 Å². The van der Waals surface area contributed by atoms with Crippen LogP contribution in [0.5, 0.6) is 0 Å². The van der Waals surface area contributed by atoms with Gasteiger partial charge in [0.05, 0.1) is 5.75 Å². The van der Waals surface area contributed by atoms with E-state index in [1.807, 2.05) is 0 Å². The van der Waals surface area contributed by atoms with Crippen molar-refractivity contribution < 1.29 is 13.0 Å². The van der Waals surface area contributed by atoms with Crippen LogP contribution in [0.1, 0.15) is 63.0 Å². The van der Waals surface area contributed by atoms with Gasteiger partial charge in [-0.1, -0.05) is 76.6 Å². The predicted octanol–water partition coefficient (Wildman–Crippen LogP) is 7.12. The van der Waals surface area contributed by atoms with E-state index in [0.717, 1.165) is 41.0 Å². The molecular weight excluding hydrogens is 504 g/mol.